The van der Waals surface area contributed by atoms with Gasteiger partial charge in [-0.25, -0.2) is 0 Å². The fourth-order valence-corrected chi connectivity index (χ4v) is 3.89. The summed E-state index contributed by atoms with van der Waals surface area (Å²) in [5, 5.41) is 3.73. The van der Waals surface area contributed by atoms with Crippen molar-refractivity contribution in [2.75, 3.05) is 33.7 Å². The van der Waals surface area contributed by atoms with Gasteiger partial charge in [0.25, 0.3) is 0 Å². The zero-order valence-corrected chi connectivity index (χ0v) is 16.7. The van der Waals surface area contributed by atoms with Crippen molar-refractivity contribution in [1.29, 1.82) is 0 Å². The summed E-state index contributed by atoms with van der Waals surface area (Å²) in [5.74, 6) is 0.563. The van der Waals surface area contributed by atoms with Crippen molar-refractivity contribution in [2.45, 2.75) is 38.9 Å². The van der Waals surface area contributed by atoms with Crippen LogP contribution in [0.2, 0.25) is 0 Å². The first-order chi connectivity index (χ1) is 12.5. The molecule has 3 rings (SSSR count). The smallest absolute Gasteiger partial charge is 0.0452 e. The molecule has 1 N–H and O–H groups in total. The average molecular weight is 352 g/mol. The van der Waals surface area contributed by atoms with Gasteiger partial charge in [0, 0.05) is 38.8 Å². The molecule has 0 saturated carbocycles. The van der Waals surface area contributed by atoms with Crippen molar-refractivity contribution in [3.8, 4) is 0 Å². The lowest BCUT2D eigenvalue weighted by atomic mass is 9.92. The van der Waals surface area contributed by atoms with Crippen LogP contribution in [-0.2, 0) is 13.1 Å². The van der Waals surface area contributed by atoms with Gasteiger partial charge in [0.1, 0.15) is 0 Å². The molecule has 1 heterocycles. The van der Waals surface area contributed by atoms with Crippen molar-refractivity contribution < 1.29 is 0 Å². The van der Waals surface area contributed by atoms with Crippen LogP contribution in [0.15, 0.2) is 48.5 Å². The van der Waals surface area contributed by atoms with Crippen LogP contribution in [0, 0.1) is 0 Å². The van der Waals surface area contributed by atoms with Gasteiger partial charge in [0.15, 0.2) is 0 Å². The molecule has 3 heteroatoms. The second-order valence-electron chi connectivity index (χ2n) is 8.08. The molecule has 3 nitrogen and oxygen atoms in total. The third-order valence-electron chi connectivity index (χ3n) is 5.18. The molecule has 0 aliphatic carbocycles. The van der Waals surface area contributed by atoms with Gasteiger partial charge in [-0.15, -0.1) is 0 Å². The molecular formula is C23H33N3. The standard InChI is InChI=1S/C23H33N3/c1-18(2)21-7-5-6-8-22(21)23-17-26(14-13-24-23)16-20-11-9-19(10-12-20)15-25(3)4/h5-12,18,23-24H,13-17H2,1-4H3/t23-/m0/s1. The van der Waals surface area contributed by atoms with E-state index in [-0.39, 0.29) is 0 Å². The maximum Gasteiger partial charge on any atom is 0.0452 e. The molecule has 0 amide bonds. The highest BCUT2D eigenvalue weighted by Crippen LogP contribution is 2.27. The quantitative estimate of drug-likeness (QED) is 0.848. The van der Waals surface area contributed by atoms with Crippen LogP contribution in [0.3, 0.4) is 0 Å². The second kappa shape index (κ2) is 8.81. The highest BCUT2D eigenvalue weighted by atomic mass is 15.2. The number of hydrogen-bond acceptors (Lipinski definition) is 3. The minimum Gasteiger partial charge on any atom is -0.308 e. The first-order valence-electron chi connectivity index (χ1n) is 9.80. The topological polar surface area (TPSA) is 18.5 Å². The van der Waals surface area contributed by atoms with Crippen LogP contribution in [0.1, 0.15) is 48.1 Å². The Kier molecular flexibility index (Phi) is 6.47. The van der Waals surface area contributed by atoms with Crippen LogP contribution < -0.4 is 5.32 Å². The van der Waals surface area contributed by atoms with Crippen LogP contribution in [0.5, 0.6) is 0 Å². The highest BCUT2D eigenvalue weighted by Gasteiger charge is 2.23. The van der Waals surface area contributed by atoms with Gasteiger partial charge in [-0.2, -0.15) is 0 Å². The summed E-state index contributed by atoms with van der Waals surface area (Å²) >= 11 is 0. The highest BCUT2D eigenvalue weighted by molar-refractivity contribution is 5.33. The van der Waals surface area contributed by atoms with Crippen molar-refractivity contribution >= 4 is 0 Å². The van der Waals surface area contributed by atoms with Gasteiger partial charge < -0.3 is 10.2 Å². The van der Waals surface area contributed by atoms with E-state index in [9.17, 15) is 0 Å². The molecule has 0 unspecified atom stereocenters. The van der Waals surface area contributed by atoms with E-state index in [1.54, 1.807) is 0 Å². The summed E-state index contributed by atoms with van der Waals surface area (Å²) in [4.78, 5) is 4.79. The van der Waals surface area contributed by atoms with Gasteiger partial charge in [-0.3, -0.25) is 4.90 Å². The first-order valence-corrected chi connectivity index (χ1v) is 9.80. The molecule has 0 aromatic heterocycles. The fourth-order valence-electron chi connectivity index (χ4n) is 3.89. The molecule has 140 valence electrons. The Hall–Kier alpha value is -1.68. The molecule has 1 atom stereocenters. The Balaban J connectivity index is 1.66. The molecule has 0 radical (unpaired) electrons. The summed E-state index contributed by atoms with van der Waals surface area (Å²) in [6.07, 6.45) is 0. The third kappa shape index (κ3) is 4.94. The van der Waals surface area contributed by atoms with E-state index < -0.39 is 0 Å². The van der Waals surface area contributed by atoms with Gasteiger partial charge in [0.05, 0.1) is 0 Å². The van der Waals surface area contributed by atoms with E-state index in [0.717, 1.165) is 32.7 Å². The van der Waals surface area contributed by atoms with E-state index in [0.29, 0.717) is 12.0 Å². The molecule has 1 aliphatic rings. The number of nitrogens with one attached hydrogen (secondary N) is 1. The van der Waals surface area contributed by atoms with Crippen molar-refractivity contribution in [3.05, 3.63) is 70.8 Å². The maximum absolute atomic E-state index is 3.73. The van der Waals surface area contributed by atoms with Crippen LogP contribution >= 0.6 is 0 Å². The Morgan fingerprint density at radius 3 is 2.42 bits per heavy atom. The molecule has 1 aliphatic heterocycles. The largest absolute Gasteiger partial charge is 0.308 e. The lowest BCUT2D eigenvalue weighted by Gasteiger charge is -2.35. The maximum atomic E-state index is 3.73. The molecule has 0 spiro atoms. The van der Waals surface area contributed by atoms with Crippen molar-refractivity contribution in [1.82, 2.24) is 15.1 Å². The number of nitrogens with zero attached hydrogens (tertiary/aromatic N) is 2. The Morgan fingerprint density at radius 1 is 1.04 bits per heavy atom. The summed E-state index contributed by atoms with van der Waals surface area (Å²) in [7, 11) is 4.23. The van der Waals surface area contributed by atoms with Gasteiger partial charge in [-0.1, -0.05) is 62.4 Å². The van der Waals surface area contributed by atoms with Crippen LogP contribution in [0.4, 0.5) is 0 Å². The van der Waals surface area contributed by atoms with Crippen molar-refractivity contribution in [3.63, 3.8) is 0 Å². The lowest BCUT2D eigenvalue weighted by Crippen LogP contribution is -2.45. The predicted molar refractivity (Wildman–Crippen MR) is 110 cm³/mol. The molecule has 1 saturated heterocycles. The molecule has 0 bridgehead atoms. The van der Waals surface area contributed by atoms with E-state index >= 15 is 0 Å². The summed E-state index contributed by atoms with van der Waals surface area (Å²) in [6, 6.07) is 18.5. The van der Waals surface area contributed by atoms with Crippen LogP contribution in [-0.4, -0.2) is 43.5 Å². The minimum absolute atomic E-state index is 0.426. The normalized spacial score (nSPS) is 18.6. The third-order valence-corrected chi connectivity index (χ3v) is 5.18. The summed E-state index contributed by atoms with van der Waals surface area (Å²) < 4.78 is 0. The average Bonchev–Trinajstić information content (AvgIpc) is 2.63. The number of piperazine rings is 1. The first kappa shape index (κ1) is 19.1. The molecule has 2 aromatic carbocycles. The summed E-state index contributed by atoms with van der Waals surface area (Å²) in [5.41, 5.74) is 5.72. The monoisotopic (exact) mass is 351 g/mol. The second-order valence-corrected chi connectivity index (χ2v) is 8.08. The molecule has 1 fully saturated rings. The van der Waals surface area contributed by atoms with E-state index in [2.05, 4.69) is 91.6 Å². The SMILES string of the molecule is CC(C)c1ccccc1[C@@H]1CN(Cc2ccc(CN(C)C)cc2)CCN1. The Bertz CT molecular complexity index is 691. The van der Waals surface area contributed by atoms with Gasteiger partial charge >= 0.3 is 0 Å². The molecule has 26 heavy (non-hydrogen) atoms. The molecule has 2 aromatic rings. The number of hydrogen-bond donors (Lipinski definition) is 1. The Labute approximate surface area is 159 Å². The molecular weight excluding hydrogens is 318 g/mol. The number of benzene rings is 2. The van der Waals surface area contributed by atoms with Crippen LogP contribution in [0.25, 0.3) is 0 Å². The lowest BCUT2D eigenvalue weighted by molar-refractivity contribution is 0.192. The van der Waals surface area contributed by atoms with E-state index in [1.165, 1.54) is 22.3 Å². The zero-order valence-electron chi connectivity index (χ0n) is 16.7. The fraction of sp³-hybridized carbons (Fsp3) is 0.478. The number of rotatable bonds is 6. The zero-order chi connectivity index (χ0) is 18.5. The van der Waals surface area contributed by atoms with Gasteiger partial charge in [0.2, 0.25) is 0 Å². The Morgan fingerprint density at radius 2 is 1.73 bits per heavy atom. The van der Waals surface area contributed by atoms with E-state index in [4.69, 9.17) is 0 Å². The van der Waals surface area contributed by atoms with Gasteiger partial charge in [-0.05, 0) is 42.3 Å². The van der Waals surface area contributed by atoms with E-state index in [1.807, 2.05) is 0 Å². The minimum atomic E-state index is 0.426. The van der Waals surface area contributed by atoms with Crippen molar-refractivity contribution in [2.24, 2.45) is 0 Å². The predicted octanol–water partition coefficient (Wildman–Crippen LogP) is 4.02. The summed E-state index contributed by atoms with van der Waals surface area (Å²) in [6.45, 7) is 9.84.